The van der Waals surface area contributed by atoms with E-state index in [1.165, 1.54) is 54.2 Å². The Morgan fingerprint density at radius 2 is 0.921 bits per heavy atom. The largest absolute Gasteiger partial charge is 2.00 e. The fourth-order valence-corrected chi connectivity index (χ4v) is 4.60. The number of aliphatic carboxylic acids is 2. The molecule has 190 valence electrons. The number of benzene rings is 4. The number of hydrogen-bond acceptors (Lipinski definition) is 2. The molecule has 0 unspecified atom stereocenters. The molecule has 0 aliphatic rings. The van der Waals surface area contributed by atoms with Crippen LogP contribution < -0.4 is 0 Å². The first kappa shape index (κ1) is 28.8. The Hall–Kier alpha value is -3.73. The first-order valence-corrected chi connectivity index (χ1v) is 12.5. The van der Waals surface area contributed by atoms with Gasteiger partial charge in [-0.2, -0.15) is 0 Å². The number of hydrogen-bond donors (Lipinski definition) is 2. The summed E-state index contributed by atoms with van der Waals surface area (Å²) in [6, 6.07) is 35.5. The SMILES string of the molecule is CCC(=O)O.CCC(=O)O.[Ti+2].c1ccc2c(c1)[cH-]c1c(Cc3cccc4c3[cH-]c3ccccc34)cccc12. The summed E-state index contributed by atoms with van der Waals surface area (Å²) in [6.45, 7) is 3.20. The van der Waals surface area contributed by atoms with Gasteiger partial charge in [0, 0.05) is 12.8 Å². The fraction of sp³-hybridized carbons (Fsp3) is 0.152. The van der Waals surface area contributed by atoms with Crippen molar-refractivity contribution in [3.8, 4) is 0 Å². The van der Waals surface area contributed by atoms with Gasteiger partial charge in [0.05, 0.1) is 0 Å². The molecule has 6 aromatic rings. The molecule has 0 radical (unpaired) electrons. The third kappa shape index (κ3) is 6.39. The number of carboxylic acid groups (broad SMARTS) is 2. The van der Waals surface area contributed by atoms with Crippen LogP contribution in [0.2, 0.25) is 0 Å². The van der Waals surface area contributed by atoms with E-state index in [0.717, 1.165) is 6.42 Å². The first-order chi connectivity index (χ1) is 17.9. The second-order valence-electron chi connectivity index (χ2n) is 8.89. The summed E-state index contributed by atoms with van der Waals surface area (Å²) in [6.07, 6.45) is 1.40. The maximum Gasteiger partial charge on any atom is 2.00 e. The molecule has 0 aliphatic heterocycles. The van der Waals surface area contributed by atoms with E-state index in [1.54, 1.807) is 13.8 Å². The first-order valence-electron chi connectivity index (χ1n) is 12.5. The molecule has 0 saturated carbocycles. The van der Waals surface area contributed by atoms with Crippen LogP contribution in [-0.4, -0.2) is 22.2 Å². The van der Waals surface area contributed by atoms with Crippen molar-refractivity contribution in [1.82, 2.24) is 0 Å². The molecule has 0 spiro atoms. The summed E-state index contributed by atoms with van der Waals surface area (Å²) in [5, 5.41) is 26.3. The van der Waals surface area contributed by atoms with Gasteiger partial charge in [0.1, 0.15) is 0 Å². The Balaban J connectivity index is 0.000000315. The quantitative estimate of drug-likeness (QED) is 0.175. The van der Waals surface area contributed by atoms with Gasteiger partial charge in [0.25, 0.3) is 0 Å². The molecule has 0 aromatic heterocycles. The van der Waals surface area contributed by atoms with Crippen molar-refractivity contribution in [2.24, 2.45) is 0 Å². The van der Waals surface area contributed by atoms with Gasteiger partial charge in [-0.15, -0.1) is 78.5 Å². The van der Waals surface area contributed by atoms with Gasteiger partial charge >= 0.3 is 33.7 Å². The summed E-state index contributed by atoms with van der Waals surface area (Å²) < 4.78 is 0. The summed E-state index contributed by atoms with van der Waals surface area (Å²) in [5.74, 6) is -1.49. The number of rotatable bonds is 4. The Kier molecular flexibility index (Phi) is 10.0. The minimum absolute atomic E-state index is 0. The average molecular weight is 538 g/mol. The molecule has 4 nitrogen and oxygen atoms in total. The smallest absolute Gasteiger partial charge is 0.481 e. The molecule has 0 aliphatic carbocycles. The van der Waals surface area contributed by atoms with E-state index in [4.69, 9.17) is 10.2 Å². The number of carbonyl (C=O) groups is 2. The predicted molar refractivity (Wildman–Crippen MR) is 153 cm³/mol. The van der Waals surface area contributed by atoms with Crippen LogP contribution in [0.4, 0.5) is 0 Å². The van der Waals surface area contributed by atoms with Gasteiger partial charge < -0.3 is 10.2 Å². The third-order valence-electron chi connectivity index (χ3n) is 6.48. The zero-order valence-electron chi connectivity index (χ0n) is 21.6. The van der Waals surface area contributed by atoms with Crippen LogP contribution in [0.3, 0.4) is 0 Å². The van der Waals surface area contributed by atoms with Crippen molar-refractivity contribution in [2.75, 3.05) is 0 Å². The van der Waals surface area contributed by atoms with Gasteiger partial charge in [0.2, 0.25) is 0 Å². The molecule has 0 saturated heterocycles. The molecule has 0 atom stereocenters. The van der Waals surface area contributed by atoms with Crippen molar-refractivity contribution >= 4 is 55.0 Å². The monoisotopic (exact) mass is 538 g/mol. The maximum absolute atomic E-state index is 9.37. The maximum atomic E-state index is 9.37. The number of fused-ring (bicyclic) bond motifs is 6. The van der Waals surface area contributed by atoms with Crippen molar-refractivity contribution in [2.45, 2.75) is 33.1 Å². The summed E-state index contributed by atoms with van der Waals surface area (Å²) in [7, 11) is 0. The zero-order valence-corrected chi connectivity index (χ0v) is 23.1. The molecule has 2 N–H and O–H groups in total. The summed E-state index contributed by atoms with van der Waals surface area (Å²) >= 11 is 0. The van der Waals surface area contributed by atoms with Gasteiger partial charge in [-0.3, -0.25) is 9.59 Å². The molecule has 6 rings (SSSR count). The Morgan fingerprint density at radius 3 is 1.29 bits per heavy atom. The van der Waals surface area contributed by atoms with Crippen LogP contribution in [0, 0.1) is 0 Å². The van der Waals surface area contributed by atoms with Crippen molar-refractivity contribution in [3.05, 3.63) is 108 Å². The fourth-order valence-electron chi connectivity index (χ4n) is 4.60. The number of carboxylic acids is 2. The summed E-state index contributed by atoms with van der Waals surface area (Å²) in [4.78, 5) is 18.7. The minimum Gasteiger partial charge on any atom is -0.481 e. The van der Waals surface area contributed by atoms with Crippen LogP contribution >= 0.6 is 0 Å². The molecular weight excluding hydrogens is 508 g/mol. The normalized spacial score (nSPS) is 10.4. The second kappa shape index (κ2) is 13.2. The molecule has 0 amide bonds. The van der Waals surface area contributed by atoms with E-state index < -0.39 is 11.9 Å². The standard InChI is InChI=1S/C27H18.2C3H6O2.Ti/c1-3-11-22-20(7-1)16-26-18(9-5-13-24(22)26)15-19-10-6-14-25-23-12-4-2-8-21(23)17-27(19)25;2*1-2-3(4)5;/h1-14,16-17H,15H2;2*2H2,1H3,(H,4,5);/q-2;;;+2. The Bertz CT molecular complexity index is 1560. The Morgan fingerprint density at radius 1 is 0.579 bits per heavy atom. The molecule has 0 fully saturated rings. The van der Waals surface area contributed by atoms with Gasteiger partial charge in [-0.25, -0.2) is 0 Å². The van der Waals surface area contributed by atoms with Crippen LogP contribution in [0.25, 0.3) is 43.1 Å². The van der Waals surface area contributed by atoms with Gasteiger partial charge in [-0.1, -0.05) is 93.1 Å². The van der Waals surface area contributed by atoms with Crippen LogP contribution in [0.5, 0.6) is 0 Å². The predicted octanol–water partition coefficient (Wildman–Crippen LogP) is 8.29. The van der Waals surface area contributed by atoms with E-state index in [2.05, 4.69) is 97.1 Å². The molecule has 0 bridgehead atoms. The molecule has 6 aromatic carbocycles. The van der Waals surface area contributed by atoms with E-state index in [9.17, 15) is 9.59 Å². The average Bonchev–Trinajstić information content (AvgIpc) is 3.49. The minimum atomic E-state index is -0.745. The van der Waals surface area contributed by atoms with E-state index in [0.29, 0.717) is 0 Å². The van der Waals surface area contributed by atoms with E-state index in [-0.39, 0.29) is 34.6 Å². The van der Waals surface area contributed by atoms with Crippen LogP contribution in [0.15, 0.2) is 97.1 Å². The zero-order chi connectivity index (χ0) is 26.4. The second-order valence-corrected chi connectivity index (χ2v) is 8.89. The summed E-state index contributed by atoms with van der Waals surface area (Å²) in [5.41, 5.74) is 2.81. The van der Waals surface area contributed by atoms with Crippen molar-refractivity contribution in [3.63, 3.8) is 0 Å². The topological polar surface area (TPSA) is 74.6 Å². The molecule has 0 heterocycles. The van der Waals surface area contributed by atoms with Gasteiger partial charge in [-0.05, 0) is 0 Å². The van der Waals surface area contributed by atoms with E-state index >= 15 is 0 Å². The van der Waals surface area contributed by atoms with Crippen LogP contribution in [0.1, 0.15) is 37.8 Å². The van der Waals surface area contributed by atoms with Crippen molar-refractivity contribution in [1.29, 1.82) is 0 Å². The molecular formula is C33H30O4Ti. The van der Waals surface area contributed by atoms with Gasteiger partial charge in [0.15, 0.2) is 0 Å². The van der Waals surface area contributed by atoms with E-state index in [1.807, 2.05) is 0 Å². The third-order valence-corrected chi connectivity index (χ3v) is 6.48. The molecule has 5 heteroatoms. The van der Waals surface area contributed by atoms with Crippen LogP contribution in [-0.2, 0) is 37.7 Å². The Labute approximate surface area is 237 Å². The molecule has 38 heavy (non-hydrogen) atoms. The van der Waals surface area contributed by atoms with Crippen molar-refractivity contribution < 1.29 is 41.5 Å².